The van der Waals surface area contributed by atoms with Crippen molar-refractivity contribution in [1.29, 1.82) is 0 Å². The third-order valence-corrected chi connectivity index (χ3v) is 4.11. The summed E-state index contributed by atoms with van der Waals surface area (Å²) in [4.78, 5) is 36.9. The van der Waals surface area contributed by atoms with Gasteiger partial charge in [-0.2, -0.15) is 4.68 Å². The molecule has 8 nitrogen and oxygen atoms in total. The summed E-state index contributed by atoms with van der Waals surface area (Å²) in [7, 11) is 0. The number of aromatic nitrogens is 3. The van der Waals surface area contributed by atoms with Crippen LogP contribution in [0.3, 0.4) is 0 Å². The smallest absolute Gasteiger partial charge is 0.326 e. The van der Waals surface area contributed by atoms with Crippen LogP contribution in [0.2, 0.25) is 0 Å². The lowest BCUT2D eigenvalue weighted by atomic mass is 10.0. The summed E-state index contributed by atoms with van der Waals surface area (Å²) < 4.78 is 1.05. The molecule has 0 radical (unpaired) electrons. The average Bonchev–Trinajstić information content (AvgIpc) is 2.57. The number of rotatable bonds is 7. The predicted octanol–water partition coefficient (Wildman–Crippen LogP) is 1.60. The number of carboxylic acid groups (broad SMARTS) is 1. The molecule has 0 spiro atoms. The van der Waals surface area contributed by atoms with Crippen molar-refractivity contribution in [2.24, 2.45) is 11.8 Å². The van der Waals surface area contributed by atoms with E-state index in [-0.39, 0.29) is 11.8 Å². The Morgan fingerprint density at radius 3 is 2.42 bits per heavy atom. The molecule has 1 aromatic heterocycles. The molecule has 2 atom stereocenters. The second-order valence-corrected chi connectivity index (χ2v) is 7.07. The van der Waals surface area contributed by atoms with E-state index in [0.29, 0.717) is 17.3 Å². The molecule has 140 valence electrons. The van der Waals surface area contributed by atoms with Gasteiger partial charge in [0.05, 0.1) is 5.39 Å². The topological polar surface area (TPSA) is 114 Å². The van der Waals surface area contributed by atoms with Crippen molar-refractivity contribution in [3.8, 4) is 0 Å². The first-order valence-electron chi connectivity index (χ1n) is 8.59. The molecule has 1 heterocycles. The van der Waals surface area contributed by atoms with Crippen LogP contribution in [0.5, 0.6) is 0 Å². The van der Waals surface area contributed by atoms with Crippen molar-refractivity contribution in [3.05, 3.63) is 34.6 Å². The summed E-state index contributed by atoms with van der Waals surface area (Å²) in [6, 6.07) is 4.79. The Bertz CT molecular complexity index is 860. The van der Waals surface area contributed by atoms with Gasteiger partial charge in [-0.15, -0.1) is 5.10 Å². The summed E-state index contributed by atoms with van der Waals surface area (Å²) in [6.07, 6.45) is 0.337. The molecule has 0 aliphatic carbocycles. The number of amides is 1. The molecule has 0 fully saturated rings. The van der Waals surface area contributed by atoms with Gasteiger partial charge in [0, 0.05) is 0 Å². The van der Waals surface area contributed by atoms with E-state index in [9.17, 15) is 19.5 Å². The summed E-state index contributed by atoms with van der Waals surface area (Å²) in [5, 5.41) is 20.1. The normalized spacial score (nSPS) is 13.8. The molecule has 2 aromatic rings. The van der Waals surface area contributed by atoms with Crippen molar-refractivity contribution in [1.82, 2.24) is 20.3 Å². The molecule has 0 aliphatic rings. The summed E-state index contributed by atoms with van der Waals surface area (Å²) in [6.45, 7) is 7.24. The van der Waals surface area contributed by atoms with Crippen LogP contribution >= 0.6 is 0 Å². The highest BCUT2D eigenvalue weighted by molar-refractivity contribution is 5.86. The molecule has 2 N–H and O–H groups in total. The number of benzene rings is 1. The molecule has 26 heavy (non-hydrogen) atoms. The van der Waals surface area contributed by atoms with E-state index in [0.717, 1.165) is 4.68 Å². The second kappa shape index (κ2) is 8.07. The number of hydrogen-bond donors (Lipinski definition) is 2. The van der Waals surface area contributed by atoms with Crippen molar-refractivity contribution in [2.45, 2.75) is 46.2 Å². The van der Waals surface area contributed by atoms with Gasteiger partial charge in [-0.05, 0) is 30.4 Å². The van der Waals surface area contributed by atoms with E-state index in [4.69, 9.17) is 0 Å². The first kappa shape index (κ1) is 19.6. The Kier molecular flexibility index (Phi) is 6.07. The first-order chi connectivity index (χ1) is 12.2. The van der Waals surface area contributed by atoms with Crippen LogP contribution in [0.1, 0.15) is 40.2 Å². The van der Waals surface area contributed by atoms with Crippen LogP contribution in [0, 0.1) is 11.8 Å². The highest BCUT2D eigenvalue weighted by atomic mass is 16.4. The van der Waals surface area contributed by atoms with E-state index in [2.05, 4.69) is 15.6 Å². The highest BCUT2D eigenvalue weighted by Gasteiger charge is 2.30. The molecule has 0 aliphatic heterocycles. The van der Waals surface area contributed by atoms with Crippen LogP contribution in [0.15, 0.2) is 29.1 Å². The molecule has 0 bridgehead atoms. The Morgan fingerprint density at radius 1 is 1.19 bits per heavy atom. The van der Waals surface area contributed by atoms with Crippen LogP contribution in [-0.4, -0.2) is 38.0 Å². The number of nitrogens with one attached hydrogen (secondary N) is 1. The number of carbonyl (C=O) groups is 2. The SMILES string of the molecule is CC(C)C[C@H](C(=O)N[C@H](C(=O)O)C(C)C)n1nnc2ccccc2c1=O. The fourth-order valence-corrected chi connectivity index (χ4v) is 2.73. The van der Waals surface area contributed by atoms with E-state index in [1.165, 1.54) is 0 Å². The Hall–Kier alpha value is -2.77. The standard InChI is InChI=1S/C18H24N4O4/c1-10(2)9-14(16(23)19-15(11(3)4)18(25)26)22-17(24)12-7-5-6-8-13(12)20-21-22/h5-8,10-11,14-15H,9H2,1-4H3,(H,19,23)(H,25,26)/t14-,15+/m1/s1. The summed E-state index contributed by atoms with van der Waals surface area (Å²) in [5.41, 5.74) is 0.0240. The van der Waals surface area contributed by atoms with Crippen molar-refractivity contribution in [2.75, 3.05) is 0 Å². The third kappa shape index (κ3) is 4.25. The molecule has 1 amide bonds. The molecule has 0 unspecified atom stereocenters. The van der Waals surface area contributed by atoms with Gasteiger partial charge in [-0.1, -0.05) is 45.0 Å². The minimum absolute atomic E-state index is 0.0910. The van der Waals surface area contributed by atoms with Crippen LogP contribution < -0.4 is 10.9 Å². The van der Waals surface area contributed by atoms with E-state index in [1.807, 2.05) is 13.8 Å². The maximum absolute atomic E-state index is 12.8. The monoisotopic (exact) mass is 360 g/mol. The molecule has 0 saturated carbocycles. The van der Waals surface area contributed by atoms with Crippen LogP contribution in [-0.2, 0) is 9.59 Å². The number of nitrogens with zero attached hydrogens (tertiary/aromatic N) is 3. The van der Waals surface area contributed by atoms with Crippen molar-refractivity contribution < 1.29 is 14.7 Å². The fraction of sp³-hybridized carbons (Fsp3) is 0.500. The van der Waals surface area contributed by atoms with Crippen molar-refractivity contribution >= 4 is 22.8 Å². The van der Waals surface area contributed by atoms with Gasteiger partial charge in [0.1, 0.15) is 17.6 Å². The van der Waals surface area contributed by atoms with Gasteiger partial charge < -0.3 is 10.4 Å². The van der Waals surface area contributed by atoms with Crippen LogP contribution in [0.25, 0.3) is 10.9 Å². The van der Waals surface area contributed by atoms with Crippen LogP contribution in [0.4, 0.5) is 0 Å². The maximum Gasteiger partial charge on any atom is 0.326 e. The lowest BCUT2D eigenvalue weighted by Crippen LogP contribution is -2.48. The molecule has 2 rings (SSSR count). The Balaban J connectivity index is 2.44. The molecule has 0 saturated heterocycles. The zero-order valence-electron chi connectivity index (χ0n) is 15.3. The van der Waals surface area contributed by atoms with Gasteiger partial charge in [0.15, 0.2) is 0 Å². The predicted molar refractivity (Wildman–Crippen MR) is 96.7 cm³/mol. The summed E-state index contributed by atoms with van der Waals surface area (Å²) >= 11 is 0. The number of fused-ring (bicyclic) bond motifs is 1. The number of hydrogen-bond acceptors (Lipinski definition) is 5. The molecule has 8 heteroatoms. The second-order valence-electron chi connectivity index (χ2n) is 7.07. The lowest BCUT2D eigenvalue weighted by Gasteiger charge is -2.23. The lowest BCUT2D eigenvalue weighted by molar-refractivity contribution is -0.143. The minimum Gasteiger partial charge on any atom is -0.480 e. The largest absolute Gasteiger partial charge is 0.480 e. The quantitative estimate of drug-likeness (QED) is 0.775. The minimum atomic E-state index is -1.12. The molecular weight excluding hydrogens is 336 g/mol. The van der Waals surface area contributed by atoms with Gasteiger partial charge in [0.2, 0.25) is 5.91 Å². The molecule has 1 aromatic carbocycles. The molecular formula is C18H24N4O4. The Morgan fingerprint density at radius 2 is 1.85 bits per heavy atom. The van der Waals surface area contributed by atoms with E-state index < -0.39 is 29.5 Å². The van der Waals surface area contributed by atoms with Gasteiger partial charge in [-0.25, -0.2) is 4.79 Å². The zero-order valence-corrected chi connectivity index (χ0v) is 15.3. The van der Waals surface area contributed by atoms with Gasteiger partial charge >= 0.3 is 5.97 Å². The van der Waals surface area contributed by atoms with E-state index in [1.54, 1.807) is 38.1 Å². The maximum atomic E-state index is 12.8. The van der Waals surface area contributed by atoms with Gasteiger partial charge in [0.25, 0.3) is 5.56 Å². The summed E-state index contributed by atoms with van der Waals surface area (Å²) in [5.74, 6) is -1.87. The zero-order chi connectivity index (χ0) is 19.4. The fourth-order valence-electron chi connectivity index (χ4n) is 2.73. The average molecular weight is 360 g/mol. The van der Waals surface area contributed by atoms with Crippen molar-refractivity contribution in [3.63, 3.8) is 0 Å². The number of carbonyl (C=O) groups excluding carboxylic acids is 1. The Labute approximate surface area is 151 Å². The first-order valence-corrected chi connectivity index (χ1v) is 8.59. The highest BCUT2D eigenvalue weighted by Crippen LogP contribution is 2.17. The third-order valence-electron chi connectivity index (χ3n) is 4.11. The number of carboxylic acids is 1. The number of aliphatic carboxylic acids is 1. The van der Waals surface area contributed by atoms with E-state index >= 15 is 0 Å². The van der Waals surface area contributed by atoms with Gasteiger partial charge in [-0.3, -0.25) is 9.59 Å².